The number of hydrogen-bond donors (Lipinski definition) is 0. The number of sulfonamides is 1. The van der Waals surface area contributed by atoms with Crippen LogP contribution in [0.5, 0.6) is 0 Å². The first-order valence-corrected chi connectivity index (χ1v) is 9.87. The monoisotopic (exact) mass is 414 g/mol. The normalized spacial score (nSPS) is 17.5. The van der Waals surface area contributed by atoms with E-state index < -0.39 is 28.8 Å². The maximum Gasteiger partial charge on any atom is 0.411 e. The zero-order valence-corrected chi connectivity index (χ0v) is 15.6. The van der Waals surface area contributed by atoms with Crippen LogP contribution in [0.3, 0.4) is 0 Å². The highest BCUT2D eigenvalue weighted by Gasteiger charge is 2.53. The molecule has 0 saturated heterocycles. The van der Waals surface area contributed by atoms with Crippen LogP contribution in [0, 0.1) is 6.92 Å². The van der Waals surface area contributed by atoms with Crippen molar-refractivity contribution in [2.24, 2.45) is 0 Å². The zero-order valence-electron chi connectivity index (χ0n) is 14.0. The molecule has 4 nitrogen and oxygen atoms in total. The lowest BCUT2D eigenvalue weighted by Crippen LogP contribution is -2.47. The molecule has 3 aromatic rings. The number of aryl methyl sites for hydroxylation is 1. The third-order valence-corrected chi connectivity index (χ3v) is 6.72. The summed E-state index contributed by atoms with van der Waals surface area (Å²) in [4.78, 5) is -0.181. The van der Waals surface area contributed by atoms with E-state index in [2.05, 4.69) is 0 Å². The summed E-state index contributed by atoms with van der Waals surface area (Å²) in [5.41, 5.74) is 1.32. The summed E-state index contributed by atoms with van der Waals surface area (Å²) < 4.78 is 69.1. The molecule has 4 rings (SSSR count). The molecule has 0 amide bonds. The number of fused-ring (bicyclic) bond motifs is 3. The van der Waals surface area contributed by atoms with Crippen LogP contribution in [-0.4, -0.2) is 25.2 Å². The number of anilines is 1. The van der Waals surface area contributed by atoms with Gasteiger partial charge in [-0.25, -0.2) is 12.7 Å². The van der Waals surface area contributed by atoms with Crippen LogP contribution in [0.4, 0.5) is 19.0 Å². The van der Waals surface area contributed by atoms with Crippen molar-refractivity contribution in [2.75, 3.05) is 4.31 Å². The van der Waals surface area contributed by atoms with Gasteiger partial charge in [0.05, 0.1) is 11.4 Å². The molecule has 1 aliphatic rings. The van der Waals surface area contributed by atoms with E-state index in [0.717, 1.165) is 5.56 Å². The van der Waals surface area contributed by atoms with Crippen LogP contribution in [0.2, 0.25) is 5.02 Å². The van der Waals surface area contributed by atoms with Crippen LogP contribution in [-0.2, 0) is 16.6 Å². The summed E-state index contributed by atoms with van der Waals surface area (Å²) in [6.45, 7) is 1.27. The molecule has 0 saturated carbocycles. The molecule has 1 aromatic heterocycles. The number of aromatic nitrogens is 1. The third kappa shape index (κ3) is 2.87. The van der Waals surface area contributed by atoms with E-state index in [1.165, 1.54) is 22.8 Å². The van der Waals surface area contributed by atoms with Gasteiger partial charge in [-0.1, -0.05) is 29.3 Å². The van der Waals surface area contributed by atoms with Gasteiger partial charge in [-0.2, -0.15) is 13.2 Å². The van der Waals surface area contributed by atoms with Crippen molar-refractivity contribution in [3.05, 3.63) is 59.1 Å². The molecule has 27 heavy (non-hydrogen) atoms. The lowest BCUT2D eigenvalue weighted by Gasteiger charge is -2.27. The summed E-state index contributed by atoms with van der Waals surface area (Å²) in [6, 6.07) is 9.77. The van der Waals surface area contributed by atoms with E-state index in [4.69, 9.17) is 11.6 Å². The van der Waals surface area contributed by atoms with E-state index >= 15 is 0 Å². The minimum atomic E-state index is -4.71. The van der Waals surface area contributed by atoms with Gasteiger partial charge < -0.3 is 4.57 Å². The number of rotatable bonds is 2. The van der Waals surface area contributed by atoms with Gasteiger partial charge in [-0.15, -0.1) is 0 Å². The molecule has 2 aromatic carbocycles. The lowest BCUT2D eigenvalue weighted by atomic mass is 10.2. The number of benzene rings is 2. The molecule has 0 aliphatic carbocycles. The predicted octanol–water partition coefficient (Wildman–Crippen LogP) is 4.74. The molecule has 0 radical (unpaired) electrons. The van der Waals surface area contributed by atoms with Crippen molar-refractivity contribution in [1.82, 2.24) is 4.57 Å². The van der Waals surface area contributed by atoms with Gasteiger partial charge in [0.15, 0.2) is 6.04 Å². The van der Waals surface area contributed by atoms with Crippen molar-refractivity contribution in [2.45, 2.75) is 30.6 Å². The molecule has 2 heterocycles. The minimum Gasteiger partial charge on any atom is -0.324 e. The van der Waals surface area contributed by atoms with E-state index in [9.17, 15) is 21.6 Å². The van der Waals surface area contributed by atoms with Crippen molar-refractivity contribution >= 4 is 38.3 Å². The van der Waals surface area contributed by atoms with Crippen molar-refractivity contribution < 1.29 is 21.6 Å². The Kier molecular flexibility index (Phi) is 3.98. The first kappa shape index (κ1) is 18.2. The van der Waals surface area contributed by atoms with E-state index in [0.29, 0.717) is 20.2 Å². The Balaban J connectivity index is 1.93. The maximum absolute atomic E-state index is 13.7. The molecule has 0 bridgehead atoms. The van der Waals surface area contributed by atoms with Crippen LogP contribution >= 0.6 is 11.6 Å². The molecule has 9 heteroatoms. The van der Waals surface area contributed by atoms with Gasteiger partial charge in [0.2, 0.25) is 0 Å². The fraction of sp³-hybridized carbons (Fsp3) is 0.222. The molecule has 1 aliphatic heterocycles. The van der Waals surface area contributed by atoms with Crippen LogP contribution in [0.25, 0.3) is 10.9 Å². The predicted molar refractivity (Wildman–Crippen MR) is 97.6 cm³/mol. The van der Waals surface area contributed by atoms with Gasteiger partial charge in [0.1, 0.15) is 5.82 Å². The number of halogens is 4. The third-order valence-electron chi connectivity index (χ3n) is 4.66. The second-order valence-electron chi connectivity index (χ2n) is 6.49. The molecule has 1 unspecified atom stereocenters. The second kappa shape index (κ2) is 5.90. The van der Waals surface area contributed by atoms with Crippen molar-refractivity contribution in [3.8, 4) is 0 Å². The average Bonchev–Trinajstić information content (AvgIpc) is 3.10. The number of alkyl halides is 3. The molecular weight excluding hydrogens is 401 g/mol. The van der Waals surface area contributed by atoms with Crippen LogP contribution in [0.15, 0.2) is 53.4 Å². The molecule has 0 fully saturated rings. The summed E-state index contributed by atoms with van der Waals surface area (Å²) in [5, 5.41) is 1.01. The maximum atomic E-state index is 13.7. The number of hydrogen-bond acceptors (Lipinski definition) is 2. The Labute approximate surface area is 158 Å². The first-order chi connectivity index (χ1) is 12.6. The SMILES string of the molecule is Cc1ccc(S(=O)(=O)N2c3cc4cc(Cl)ccc4n3CC2C(F)(F)F)cc1. The standard InChI is InChI=1S/C18H14ClF3N2O2S/c1-11-2-5-14(6-3-11)27(25,26)24-16(18(20,21)22)10-23-15-7-4-13(19)8-12(15)9-17(23)24/h2-9,16H,10H2,1H3. The van der Waals surface area contributed by atoms with E-state index in [1.807, 2.05) is 0 Å². The van der Waals surface area contributed by atoms with Gasteiger partial charge >= 0.3 is 6.18 Å². The fourth-order valence-corrected chi connectivity index (χ4v) is 5.17. The summed E-state index contributed by atoms with van der Waals surface area (Å²) in [5.74, 6) is -0.0184. The average molecular weight is 415 g/mol. The van der Waals surface area contributed by atoms with Crippen molar-refractivity contribution in [3.63, 3.8) is 0 Å². The zero-order chi connectivity index (χ0) is 19.6. The van der Waals surface area contributed by atoms with Crippen LogP contribution in [0.1, 0.15) is 5.56 Å². The smallest absolute Gasteiger partial charge is 0.324 e. The van der Waals surface area contributed by atoms with Gasteiger partial charge in [-0.05, 0) is 43.3 Å². The van der Waals surface area contributed by atoms with Gasteiger partial charge in [-0.3, -0.25) is 0 Å². The first-order valence-electron chi connectivity index (χ1n) is 8.05. The Morgan fingerprint density at radius 1 is 1.07 bits per heavy atom. The highest BCUT2D eigenvalue weighted by atomic mass is 35.5. The minimum absolute atomic E-state index is 0.0184. The Morgan fingerprint density at radius 3 is 2.37 bits per heavy atom. The Hall–Kier alpha value is -2.19. The second-order valence-corrected chi connectivity index (χ2v) is 8.74. The lowest BCUT2D eigenvalue weighted by molar-refractivity contribution is -0.145. The van der Waals surface area contributed by atoms with E-state index in [-0.39, 0.29) is 10.7 Å². The largest absolute Gasteiger partial charge is 0.411 e. The molecule has 0 N–H and O–H groups in total. The highest BCUT2D eigenvalue weighted by Crippen LogP contribution is 2.43. The van der Waals surface area contributed by atoms with Crippen LogP contribution < -0.4 is 4.31 Å². The van der Waals surface area contributed by atoms with E-state index in [1.54, 1.807) is 37.3 Å². The Morgan fingerprint density at radius 2 is 1.74 bits per heavy atom. The van der Waals surface area contributed by atoms with Crippen molar-refractivity contribution in [1.29, 1.82) is 0 Å². The summed E-state index contributed by atoms with van der Waals surface area (Å²) in [6.07, 6.45) is -4.71. The topological polar surface area (TPSA) is 42.3 Å². The molecular formula is C18H14ClF3N2O2S. The summed E-state index contributed by atoms with van der Waals surface area (Å²) in [7, 11) is -4.40. The number of nitrogens with zero attached hydrogens (tertiary/aromatic N) is 2. The highest BCUT2D eigenvalue weighted by molar-refractivity contribution is 7.92. The quantitative estimate of drug-likeness (QED) is 0.607. The van der Waals surface area contributed by atoms with Gasteiger partial charge in [0, 0.05) is 15.9 Å². The summed E-state index contributed by atoms with van der Waals surface area (Å²) >= 11 is 5.96. The molecule has 1 atom stereocenters. The molecule has 0 spiro atoms. The Bertz CT molecular complexity index is 1140. The molecule has 142 valence electrons. The fourth-order valence-electron chi connectivity index (χ4n) is 3.36. The van der Waals surface area contributed by atoms with Gasteiger partial charge in [0.25, 0.3) is 10.0 Å².